The number of carbonyl (C=O) groups is 1. The summed E-state index contributed by atoms with van der Waals surface area (Å²) in [5, 5.41) is 9.13. The Labute approximate surface area is 137 Å². The van der Waals surface area contributed by atoms with Crippen molar-refractivity contribution in [3.05, 3.63) is 82.4 Å². The van der Waals surface area contributed by atoms with Crippen LogP contribution in [0.5, 0.6) is 0 Å². The van der Waals surface area contributed by atoms with Crippen molar-refractivity contribution >= 4 is 11.6 Å². The Kier molecular flexibility index (Phi) is 4.47. The quantitative estimate of drug-likeness (QED) is 0.775. The lowest BCUT2D eigenvalue weighted by atomic mass is 10.1. The molecular weight excluding hydrogens is 309 g/mol. The fourth-order valence-corrected chi connectivity index (χ4v) is 2.25. The van der Waals surface area contributed by atoms with Gasteiger partial charge in [0.1, 0.15) is 5.82 Å². The zero-order valence-electron chi connectivity index (χ0n) is 12.6. The molecule has 1 heterocycles. The van der Waals surface area contributed by atoms with E-state index in [1.165, 1.54) is 18.2 Å². The first kappa shape index (κ1) is 15.6. The molecule has 6 heteroatoms. The Morgan fingerprint density at radius 1 is 1.08 bits per heavy atom. The van der Waals surface area contributed by atoms with Crippen molar-refractivity contribution in [1.29, 1.82) is 0 Å². The molecule has 0 unspecified atom stereocenters. The van der Waals surface area contributed by atoms with Gasteiger partial charge in [-0.05, 0) is 35.9 Å². The number of hydrogen-bond donors (Lipinski definition) is 2. The maximum absolute atomic E-state index is 12.9. The van der Waals surface area contributed by atoms with E-state index in [0.717, 1.165) is 11.1 Å². The number of nitrogens with zero attached hydrogens (tertiary/aromatic N) is 1. The van der Waals surface area contributed by atoms with Gasteiger partial charge in [0.2, 0.25) is 5.91 Å². The van der Waals surface area contributed by atoms with Crippen molar-refractivity contribution in [3.8, 4) is 11.3 Å². The standard InChI is InChI=1S/C18H14FN3O2/c19-14-6-4-12(5-7-14)10-18(24)20-15-3-1-2-13(11-15)16-8-9-17(23)22-21-16/h1-9,11H,10H2,(H,20,24)(H,22,23). The van der Waals surface area contributed by atoms with E-state index in [1.54, 1.807) is 36.4 Å². The molecule has 120 valence electrons. The highest BCUT2D eigenvalue weighted by Crippen LogP contribution is 2.19. The Bertz CT molecular complexity index is 900. The van der Waals surface area contributed by atoms with E-state index in [9.17, 15) is 14.0 Å². The topological polar surface area (TPSA) is 74.8 Å². The van der Waals surface area contributed by atoms with E-state index in [0.29, 0.717) is 11.4 Å². The van der Waals surface area contributed by atoms with Crippen LogP contribution in [0.15, 0.2) is 65.5 Å². The minimum atomic E-state index is -0.333. The van der Waals surface area contributed by atoms with Gasteiger partial charge in [0, 0.05) is 17.3 Å². The van der Waals surface area contributed by atoms with Crippen molar-refractivity contribution in [2.75, 3.05) is 5.32 Å². The molecule has 0 saturated heterocycles. The first-order chi connectivity index (χ1) is 11.6. The van der Waals surface area contributed by atoms with Crippen LogP contribution < -0.4 is 10.9 Å². The predicted octanol–water partition coefficient (Wildman–Crippen LogP) is 2.76. The SMILES string of the molecule is O=C(Cc1ccc(F)cc1)Nc1cccc(-c2ccc(=O)[nH]n2)c1. The summed E-state index contributed by atoms with van der Waals surface area (Å²) in [6, 6.07) is 16.0. The van der Waals surface area contributed by atoms with Gasteiger partial charge in [0.15, 0.2) is 0 Å². The molecule has 0 radical (unpaired) electrons. The highest BCUT2D eigenvalue weighted by Gasteiger charge is 2.06. The summed E-state index contributed by atoms with van der Waals surface area (Å²) >= 11 is 0. The Balaban J connectivity index is 1.72. The molecule has 3 rings (SSSR count). The average molecular weight is 323 g/mol. The van der Waals surface area contributed by atoms with Gasteiger partial charge in [0.25, 0.3) is 5.56 Å². The molecule has 2 aromatic carbocycles. The molecule has 0 fully saturated rings. The summed E-state index contributed by atoms with van der Waals surface area (Å²) in [6.45, 7) is 0. The molecular formula is C18H14FN3O2. The van der Waals surface area contributed by atoms with Gasteiger partial charge >= 0.3 is 0 Å². The zero-order chi connectivity index (χ0) is 16.9. The summed E-state index contributed by atoms with van der Waals surface area (Å²) in [6.07, 6.45) is 0.154. The van der Waals surface area contributed by atoms with E-state index in [1.807, 2.05) is 6.07 Å². The molecule has 2 N–H and O–H groups in total. The van der Waals surface area contributed by atoms with Crippen molar-refractivity contribution < 1.29 is 9.18 Å². The van der Waals surface area contributed by atoms with Crippen LogP contribution in [0.3, 0.4) is 0 Å². The second kappa shape index (κ2) is 6.87. The van der Waals surface area contributed by atoms with Crippen LogP contribution in [-0.2, 0) is 11.2 Å². The van der Waals surface area contributed by atoms with Crippen LogP contribution in [0.25, 0.3) is 11.3 Å². The number of amides is 1. The molecule has 0 aliphatic heterocycles. The van der Waals surface area contributed by atoms with Crippen LogP contribution >= 0.6 is 0 Å². The van der Waals surface area contributed by atoms with Crippen LogP contribution in [-0.4, -0.2) is 16.1 Å². The van der Waals surface area contributed by atoms with Gasteiger partial charge in [0.05, 0.1) is 12.1 Å². The third-order valence-electron chi connectivity index (χ3n) is 3.40. The van der Waals surface area contributed by atoms with Gasteiger partial charge in [-0.15, -0.1) is 0 Å². The van der Waals surface area contributed by atoms with Crippen LogP contribution in [0.1, 0.15) is 5.56 Å². The van der Waals surface area contributed by atoms with Gasteiger partial charge in [-0.25, -0.2) is 9.49 Å². The number of nitrogens with one attached hydrogen (secondary N) is 2. The maximum atomic E-state index is 12.9. The minimum absolute atomic E-state index is 0.154. The van der Waals surface area contributed by atoms with Gasteiger partial charge in [-0.1, -0.05) is 24.3 Å². The lowest BCUT2D eigenvalue weighted by Gasteiger charge is -2.07. The number of hydrogen-bond acceptors (Lipinski definition) is 3. The van der Waals surface area contributed by atoms with Crippen LogP contribution in [0.2, 0.25) is 0 Å². The summed E-state index contributed by atoms with van der Waals surface area (Å²) in [5.74, 6) is -0.534. The Hall–Kier alpha value is -3.28. The fourth-order valence-electron chi connectivity index (χ4n) is 2.25. The molecule has 0 atom stereocenters. The normalized spacial score (nSPS) is 10.4. The van der Waals surface area contributed by atoms with Crippen molar-refractivity contribution in [1.82, 2.24) is 10.2 Å². The number of H-pyrrole nitrogens is 1. The third-order valence-corrected chi connectivity index (χ3v) is 3.40. The summed E-state index contributed by atoms with van der Waals surface area (Å²) < 4.78 is 12.9. The molecule has 1 aromatic heterocycles. The van der Waals surface area contributed by atoms with Gasteiger partial charge in [-0.3, -0.25) is 9.59 Å². The second-order valence-electron chi connectivity index (χ2n) is 5.24. The highest BCUT2D eigenvalue weighted by molar-refractivity contribution is 5.92. The number of rotatable bonds is 4. The molecule has 5 nitrogen and oxygen atoms in total. The van der Waals surface area contributed by atoms with Crippen LogP contribution in [0.4, 0.5) is 10.1 Å². The Morgan fingerprint density at radius 3 is 2.58 bits per heavy atom. The third kappa shape index (κ3) is 3.92. The first-order valence-corrected chi connectivity index (χ1v) is 7.30. The molecule has 24 heavy (non-hydrogen) atoms. The number of carbonyl (C=O) groups excluding carboxylic acids is 1. The van der Waals surface area contributed by atoms with Crippen molar-refractivity contribution in [2.45, 2.75) is 6.42 Å². The van der Waals surface area contributed by atoms with Gasteiger partial charge in [-0.2, -0.15) is 5.10 Å². The molecule has 0 bridgehead atoms. The molecule has 3 aromatic rings. The summed E-state index contributed by atoms with van der Waals surface area (Å²) in [7, 11) is 0. The molecule has 1 amide bonds. The predicted molar refractivity (Wildman–Crippen MR) is 89.0 cm³/mol. The van der Waals surface area contributed by atoms with E-state index < -0.39 is 0 Å². The van der Waals surface area contributed by atoms with Gasteiger partial charge < -0.3 is 5.32 Å². The van der Waals surface area contributed by atoms with E-state index in [-0.39, 0.29) is 23.7 Å². The minimum Gasteiger partial charge on any atom is -0.326 e. The maximum Gasteiger partial charge on any atom is 0.264 e. The average Bonchev–Trinajstić information content (AvgIpc) is 2.58. The highest BCUT2D eigenvalue weighted by atomic mass is 19.1. The Morgan fingerprint density at radius 2 is 1.88 bits per heavy atom. The molecule has 0 spiro atoms. The number of anilines is 1. The lowest BCUT2D eigenvalue weighted by Crippen LogP contribution is -2.14. The zero-order valence-corrected chi connectivity index (χ0v) is 12.6. The van der Waals surface area contributed by atoms with Crippen molar-refractivity contribution in [2.24, 2.45) is 0 Å². The summed E-state index contributed by atoms with van der Waals surface area (Å²) in [4.78, 5) is 23.2. The fraction of sp³-hybridized carbons (Fsp3) is 0.0556. The van der Waals surface area contributed by atoms with E-state index in [2.05, 4.69) is 15.5 Å². The van der Waals surface area contributed by atoms with E-state index in [4.69, 9.17) is 0 Å². The second-order valence-corrected chi connectivity index (χ2v) is 5.24. The number of aromatic nitrogens is 2. The number of halogens is 1. The largest absolute Gasteiger partial charge is 0.326 e. The number of benzene rings is 2. The van der Waals surface area contributed by atoms with E-state index >= 15 is 0 Å². The lowest BCUT2D eigenvalue weighted by molar-refractivity contribution is -0.115. The molecule has 0 aliphatic rings. The monoisotopic (exact) mass is 323 g/mol. The van der Waals surface area contributed by atoms with Crippen molar-refractivity contribution in [3.63, 3.8) is 0 Å². The first-order valence-electron chi connectivity index (χ1n) is 7.30. The molecule has 0 saturated carbocycles. The summed E-state index contributed by atoms with van der Waals surface area (Å²) in [5.41, 5.74) is 2.44. The van der Waals surface area contributed by atoms with Crippen LogP contribution in [0, 0.1) is 5.82 Å². The molecule has 0 aliphatic carbocycles. The smallest absolute Gasteiger partial charge is 0.264 e. The number of aromatic amines is 1.